The average Bonchev–Trinajstić information content (AvgIpc) is 3.50. The van der Waals surface area contributed by atoms with Gasteiger partial charge in [0.15, 0.2) is 0 Å². The first-order valence-electron chi connectivity index (χ1n) is 11.9. The molecule has 2 aliphatic rings. The Bertz CT molecular complexity index is 1140. The van der Waals surface area contributed by atoms with Crippen molar-refractivity contribution < 1.29 is 4.79 Å². The number of carbonyl (C=O) groups is 1. The highest BCUT2D eigenvalue weighted by Gasteiger charge is 2.27. The number of aryl methyl sites for hydroxylation is 2. The Balaban J connectivity index is 1.22. The fourth-order valence-corrected chi connectivity index (χ4v) is 5.92. The van der Waals surface area contributed by atoms with Gasteiger partial charge in [-0.1, -0.05) is 11.6 Å². The van der Waals surface area contributed by atoms with Gasteiger partial charge in [-0.15, -0.1) is 11.3 Å². The molecule has 1 aromatic carbocycles. The molecule has 6 nitrogen and oxygen atoms in total. The minimum atomic E-state index is -0.00672. The fourth-order valence-electron chi connectivity index (χ4n) is 4.98. The van der Waals surface area contributed by atoms with E-state index in [-0.39, 0.29) is 5.91 Å². The number of amides is 1. The maximum absolute atomic E-state index is 12.4. The normalized spacial score (nSPS) is 17.7. The van der Waals surface area contributed by atoms with E-state index >= 15 is 0 Å². The number of thiophene rings is 1. The highest BCUT2D eigenvalue weighted by molar-refractivity contribution is 7.14. The SMILES string of the molecule is Cc1nc(N2CCC(N3CCCC3)CC2)nc2ccc(NC(=O)CCc3csc(Cl)c3)cc12. The number of anilines is 2. The highest BCUT2D eigenvalue weighted by atomic mass is 35.5. The number of halogens is 1. The van der Waals surface area contributed by atoms with Gasteiger partial charge in [-0.05, 0) is 87.3 Å². The Labute approximate surface area is 204 Å². The van der Waals surface area contributed by atoms with Gasteiger partial charge in [0.05, 0.1) is 15.5 Å². The van der Waals surface area contributed by atoms with E-state index in [2.05, 4.69) is 15.1 Å². The molecule has 4 heterocycles. The number of nitrogens with one attached hydrogen (secondary N) is 1. The number of nitrogens with zero attached hydrogens (tertiary/aromatic N) is 4. The van der Waals surface area contributed by atoms with Crippen LogP contribution in [-0.2, 0) is 11.2 Å². The molecule has 0 unspecified atom stereocenters. The second kappa shape index (κ2) is 9.95. The number of benzene rings is 1. The van der Waals surface area contributed by atoms with Crippen LogP contribution >= 0.6 is 22.9 Å². The summed E-state index contributed by atoms with van der Waals surface area (Å²) in [5.41, 5.74) is 3.74. The van der Waals surface area contributed by atoms with E-state index in [1.807, 2.05) is 36.6 Å². The van der Waals surface area contributed by atoms with Crippen LogP contribution in [0.4, 0.5) is 11.6 Å². The molecular weight excluding hydrogens is 454 g/mol. The first-order chi connectivity index (χ1) is 16.0. The topological polar surface area (TPSA) is 61.4 Å². The number of carbonyl (C=O) groups excluding carboxylic acids is 1. The highest BCUT2D eigenvalue weighted by Crippen LogP contribution is 2.27. The van der Waals surface area contributed by atoms with Gasteiger partial charge in [-0.2, -0.15) is 0 Å². The molecule has 3 aromatic rings. The third kappa shape index (κ3) is 5.31. The van der Waals surface area contributed by atoms with Gasteiger partial charge >= 0.3 is 0 Å². The summed E-state index contributed by atoms with van der Waals surface area (Å²) >= 11 is 7.47. The van der Waals surface area contributed by atoms with Crippen LogP contribution in [0.25, 0.3) is 10.9 Å². The first-order valence-corrected chi connectivity index (χ1v) is 13.1. The molecule has 1 amide bonds. The first kappa shape index (κ1) is 22.6. The Hall–Kier alpha value is -2.22. The molecule has 0 atom stereocenters. The van der Waals surface area contributed by atoms with Gasteiger partial charge in [-0.25, -0.2) is 9.97 Å². The Morgan fingerprint density at radius 1 is 1.15 bits per heavy atom. The number of rotatable bonds is 6. The summed E-state index contributed by atoms with van der Waals surface area (Å²) < 4.78 is 0.755. The lowest BCUT2D eigenvalue weighted by Crippen LogP contribution is -2.44. The van der Waals surface area contributed by atoms with Crippen LogP contribution in [0.2, 0.25) is 4.34 Å². The van der Waals surface area contributed by atoms with E-state index in [0.29, 0.717) is 18.9 Å². The van der Waals surface area contributed by atoms with Crippen LogP contribution in [0.5, 0.6) is 0 Å². The minimum absolute atomic E-state index is 0.00672. The van der Waals surface area contributed by atoms with E-state index in [0.717, 1.165) is 51.2 Å². The van der Waals surface area contributed by atoms with E-state index in [4.69, 9.17) is 21.6 Å². The molecule has 0 bridgehead atoms. The van der Waals surface area contributed by atoms with E-state index in [1.54, 1.807) is 0 Å². The fraction of sp³-hybridized carbons (Fsp3) is 0.480. The van der Waals surface area contributed by atoms with E-state index in [1.165, 1.54) is 50.1 Å². The summed E-state index contributed by atoms with van der Waals surface area (Å²) in [5, 5.41) is 5.99. The molecule has 5 rings (SSSR count). The molecule has 0 aliphatic carbocycles. The number of hydrogen-bond donors (Lipinski definition) is 1. The smallest absolute Gasteiger partial charge is 0.226 e. The minimum Gasteiger partial charge on any atom is -0.341 e. The lowest BCUT2D eigenvalue weighted by atomic mass is 10.0. The molecule has 174 valence electrons. The molecule has 2 aliphatic heterocycles. The predicted molar refractivity (Wildman–Crippen MR) is 137 cm³/mol. The van der Waals surface area contributed by atoms with E-state index in [9.17, 15) is 4.79 Å². The number of piperidine rings is 1. The maximum Gasteiger partial charge on any atom is 0.226 e. The zero-order valence-corrected chi connectivity index (χ0v) is 20.6. The van der Waals surface area contributed by atoms with E-state index < -0.39 is 0 Å². The van der Waals surface area contributed by atoms with Crippen LogP contribution in [0, 0.1) is 6.92 Å². The summed E-state index contributed by atoms with van der Waals surface area (Å²) in [6.45, 7) is 6.57. The van der Waals surface area contributed by atoms with Gasteiger partial charge in [-0.3, -0.25) is 4.79 Å². The largest absolute Gasteiger partial charge is 0.341 e. The summed E-state index contributed by atoms with van der Waals surface area (Å²) in [7, 11) is 0. The standard InChI is InChI=1S/C25H30ClN5OS/c1-17-21-15-19(28-24(32)7-4-18-14-23(26)33-16-18)5-6-22(21)29-25(27-17)31-12-8-20(9-13-31)30-10-2-3-11-30/h5-6,14-16,20H,2-4,7-13H2,1H3,(H,28,32). The van der Waals surface area contributed by atoms with Gasteiger partial charge < -0.3 is 15.1 Å². The lowest BCUT2D eigenvalue weighted by molar-refractivity contribution is -0.116. The van der Waals surface area contributed by atoms with Crippen LogP contribution in [-0.4, -0.2) is 53.0 Å². The summed E-state index contributed by atoms with van der Waals surface area (Å²) in [6.07, 6.45) is 6.17. The van der Waals surface area contributed by atoms with Crippen LogP contribution in [0.1, 0.15) is 43.4 Å². The van der Waals surface area contributed by atoms with Crippen molar-refractivity contribution in [2.45, 2.75) is 51.5 Å². The molecule has 1 N–H and O–H groups in total. The maximum atomic E-state index is 12.4. The van der Waals surface area contributed by atoms with Crippen molar-refractivity contribution in [2.24, 2.45) is 0 Å². The van der Waals surface area contributed by atoms with Crippen molar-refractivity contribution in [2.75, 3.05) is 36.4 Å². The zero-order valence-electron chi connectivity index (χ0n) is 19.0. The van der Waals surface area contributed by atoms with Gasteiger partial charge in [0.25, 0.3) is 0 Å². The van der Waals surface area contributed by atoms with Crippen LogP contribution in [0.3, 0.4) is 0 Å². The monoisotopic (exact) mass is 483 g/mol. The number of hydrogen-bond acceptors (Lipinski definition) is 6. The average molecular weight is 484 g/mol. The Morgan fingerprint density at radius 3 is 2.67 bits per heavy atom. The number of likely N-dealkylation sites (tertiary alicyclic amines) is 1. The molecule has 2 aromatic heterocycles. The van der Waals surface area contributed by atoms with Crippen molar-refractivity contribution in [3.05, 3.63) is 45.2 Å². The predicted octanol–water partition coefficient (Wildman–Crippen LogP) is 5.29. The molecule has 0 radical (unpaired) electrons. The summed E-state index contributed by atoms with van der Waals surface area (Å²) in [4.78, 5) is 27.1. The molecule has 2 fully saturated rings. The van der Waals surface area contributed by atoms with Gasteiger partial charge in [0, 0.05) is 36.6 Å². The molecule has 0 saturated carbocycles. The van der Waals surface area contributed by atoms with Crippen molar-refractivity contribution in [1.82, 2.24) is 14.9 Å². The van der Waals surface area contributed by atoms with Crippen LogP contribution in [0.15, 0.2) is 29.6 Å². The lowest BCUT2D eigenvalue weighted by Gasteiger charge is -2.36. The summed E-state index contributed by atoms with van der Waals surface area (Å²) in [6, 6.07) is 8.53. The zero-order chi connectivity index (χ0) is 22.8. The summed E-state index contributed by atoms with van der Waals surface area (Å²) in [5.74, 6) is 0.818. The third-order valence-corrected chi connectivity index (χ3v) is 7.97. The number of fused-ring (bicyclic) bond motifs is 1. The van der Waals surface area contributed by atoms with Crippen molar-refractivity contribution >= 4 is 51.4 Å². The Kier molecular flexibility index (Phi) is 6.81. The molecular formula is C25H30ClN5OS. The van der Waals surface area contributed by atoms with Gasteiger partial charge in [0.2, 0.25) is 11.9 Å². The second-order valence-electron chi connectivity index (χ2n) is 9.11. The van der Waals surface area contributed by atoms with Gasteiger partial charge in [0.1, 0.15) is 0 Å². The third-order valence-electron chi connectivity index (χ3n) is 6.83. The molecule has 2 saturated heterocycles. The quantitative estimate of drug-likeness (QED) is 0.516. The van der Waals surface area contributed by atoms with Crippen molar-refractivity contribution in [3.63, 3.8) is 0 Å². The van der Waals surface area contributed by atoms with Crippen LogP contribution < -0.4 is 10.2 Å². The molecule has 8 heteroatoms. The van der Waals surface area contributed by atoms with Crippen molar-refractivity contribution in [3.8, 4) is 0 Å². The number of aromatic nitrogens is 2. The van der Waals surface area contributed by atoms with Crippen molar-refractivity contribution in [1.29, 1.82) is 0 Å². The Morgan fingerprint density at radius 2 is 1.94 bits per heavy atom. The second-order valence-corrected chi connectivity index (χ2v) is 10.7. The molecule has 0 spiro atoms. The molecule has 33 heavy (non-hydrogen) atoms.